The van der Waals surface area contributed by atoms with Gasteiger partial charge in [0, 0.05) is 0 Å². The maximum Gasteiger partial charge on any atom is 0.339 e. The molecule has 2 aromatic carbocycles. The van der Waals surface area contributed by atoms with E-state index in [9.17, 15) is 4.79 Å². The third-order valence-electron chi connectivity index (χ3n) is 5.76. The maximum atomic E-state index is 12.8. The first-order chi connectivity index (χ1) is 11.4. The van der Waals surface area contributed by atoms with Gasteiger partial charge in [-0.15, -0.1) is 0 Å². The molecule has 2 heteroatoms. The van der Waals surface area contributed by atoms with Crippen LogP contribution >= 0.6 is 0 Å². The lowest BCUT2D eigenvalue weighted by Crippen LogP contribution is -2.28. The number of fused-ring (bicyclic) bond motifs is 1. The summed E-state index contributed by atoms with van der Waals surface area (Å²) in [4.78, 5) is 12.8. The number of carbonyl (C=O) groups excluding carboxylic acids is 1. The number of hydrogen-bond donors (Lipinski definition) is 0. The minimum atomic E-state index is -0.292. The summed E-state index contributed by atoms with van der Waals surface area (Å²) in [5.41, 5.74) is 1.78. The third kappa shape index (κ3) is 3.07. The van der Waals surface area contributed by atoms with Crippen LogP contribution in [0, 0.1) is 0 Å². The van der Waals surface area contributed by atoms with Crippen molar-refractivity contribution < 1.29 is 9.53 Å². The Balaban J connectivity index is 2.03. The number of ether oxygens (including phenoxy) is 1. The van der Waals surface area contributed by atoms with Gasteiger partial charge in [-0.1, -0.05) is 51.1 Å². The van der Waals surface area contributed by atoms with Gasteiger partial charge in [0.2, 0.25) is 0 Å². The number of rotatable bonds is 4. The highest BCUT2D eigenvalue weighted by molar-refractivity contribution is 6.05. The van der Waals surface area contributed by atoms with Crippen molar-refractivity contribution in [2.45, 2.75) is 70.8 Å². The monoisotopic (exact) mass is 324 g/mol. The quantitative estimate of drug-likeness (QED) is 0.643. The van der Waals surface area contributed by atoms with E-state index >= 15 is 0 Å². The average Bonchev–Trinajstić information content (AvgIpc) is 2.99. The lowest BCUT2D eigenvalue weighted by atomic mass is 9.79. The standard InChI is InChI=1S/C22H28O2/c1-5-21(2,3)19-13-9-10-16-17(19)11-8-12-18(16)20(23)24-22(4)14-6-7-15-22/h8-13H,5-7,14-15H2,1-4H3. The van der Waals surface area contributed by atoms with Crippen LogP contribution in [0.2, 0.25) is 0 Å². The van der Waals surface area contributed by atoms with E-state index in [1.807, 2.05) is 18.2 Å². The number of hydrogen-bond acceptors (Lipinski definition) is 2. The van der Waals surface area contributed by atoms with Crippen LogP contribution in [0.4, 0.5) is 0 Å². The molecule has 24 heavy (non-hydrogen) atoms. The molecule has 0 radical (unpaired) electrons. The van der Waals surface area contributed by atoms with Crippen LogP contribution in [0.3, 0.4) is 0 Å². The maximum absolute atomic E-state index is 12.8. The molecule has 1 aliphatic rings. The second-order valence-corrected chi connectivity index (χ2v) is 7.99. The molecule has 0 spiro atoms. The Morgan fingerprint density at radius 3 is 2.38 bits per heavy atom. The van der Waals surface area contributed by atoms with Crippen LogP contribution < -0.4 is 0 Å². The van der Waals surface area contributed by atoms with E-state index in [2.05, 4.69) is 45.9 Å². The lowest BCUT2D eigenvalue weighted by Gasteiger charge is -2.26. The molecule has 1 saturated carbocycles. The predicted molar refractivity (Wildman–Crippen MR) is 99.6 cm³/mol. The molecule has 0 amide bonds. The minimum Gasteiger partial charge on any atom is -0.456 e. The molecule has 0 saturated heterocycles. The van der Waals surface area contributed by atoms with Gasteiger partial charge in [-0.3, -0.25) is 0 Å². The SMILES string of the molecule is CCC(C)(C)c1cccc2c(C(=O)OC3(C)CCCC3)cccc12. The van der Waals surface area contributed by atoms with Crippen molar-refractivity contribution in [2.75, 3.05) is 0 Å². The number of esters is 1. The van der Waals surface area contributed by atoms with E-state index in [0.29, 0.717) is 5.56 Å². The first kappa shape index (κ1) is 17.0. The summed E-state index contributed by atoms with van der Waals surface area (Å²) >= 11 is 0. The fourth-order valence-corrected chi connectivity index (χ4v) is 3.77. The van der Waals surface area contributed by atoms with E-state index in [0.717, 1.165) is 42.9 Å². The summed E-state index contributed by atoms with van der Waals surface area (Å²) in [6, 6.07) is 12.3. The van der Waals surface area contributed by atoms with Crippen LogP contribution in [0.25, 0.3) is 10.8 Å². The van der Waals surface area contributed by atoms with Gasteiger partial charge in [0.05, 0.1) is 5.56 Å². The lowest BCUT2D eigenvalue weighted by molar-refractivity contribution is -0.00586. The Kier molecular flexibility index (Phi) is 4.42. The molecule has 0 bridgehead atoms. The normalized spacial score (nSPS) is 17.2. The van der Waals surface area contributed by atoms with E-state index in [1.54, 1.807) is 0 Å². The Bertz CT molecular complexity index is 752. The molecule has 0 N–H and O–H groups in total. The fourth-order valence-electron chi connectivity index (χ4n) is 3.77. The van der Waals surface area contributed by atoms with Gasteiger partial charge in [-0.2, -0.15) is 0 Å². The molecule has 0 heterocycles. The van der Waals surface area contributed by atoms with Gasteiger partial charge in [0.25, 0.3) is 0 Å². The topological polar surface area (TPSA) is 26.3 Å². The molecule has 1 aliphatic carbocycles. The van der Waals surface area contributed by atoms with Gasteiger partial charge in [0.15, 0.2) is 0 Å². The summed E-state index contributed by atoms with van der Waals surface area (Å²) in [6.45, 7) is 8.78. The largest absolute Gasteiger partial charge is 0.456 e. The van der Waals surface area contributed by atoms with E-state index in [4.69, 9.17) is 4.74 Å². The summed E-state index contributed by atoms with van der Waals surface area (Å²) in [6.07, 6.45) is 5.29. The molecular formula is C22H28O2. The van der Waals surface area contributed by atoms with Gasteiger partial charge < -0.3 is 4.74 Å². The predicted octanol–water partition coefficient (Wildman–Crippen LogP) is 6.02. The van der Waals surface area contributed by atoms with E-state index < -0.39 is 0 Å². The Morgan fingerprint density at radius 1 is 1.08 bits per heavy atom. The second-order valence-electron chi connectivity index (χ2n) is 7.99. The highest BCUT2D eigenvalue weighted by atomic mass is 16.6. The fraction of sp³-hybridized carbons (Fsp3) is 0.500. The van der Waals surface area contributed by atoms with Gasteiger partial charge in [-0.05, 0) is 66.8 Å². The Labute approximate surface area is 145 Å². The highest BCUT2D eigenvalue weighted by Crippen LogP contribution is 2.36. The summed E-state index contributed by atoms with van der Waals surface area (Å²) < 4.78 is 5.91. The van der Waals surface area contributed by atoms with E-state index in [-0.39, 0.29) is 17.0 Å². The van der Waals surface area contributed by atoms with Gasteiger partial charge in [0.1, 0.15) is 5.60 Å². The molecule has 0 unspecified atom stereocenters. The second kappa shape index (κ2) is 6.23. The molecule has 2 nitrogen and oxygen atoms in total. The van der Waals surface area contributed by atoms with Crippen LogP contribution in [0.5, 0.6) is 0 Å². The molecule has 3 rings (SSSR count). The van der Waals surface area contributed by atoms with Gasteiger partial charge >= 0.3 is 5.97 Å². The molecule has 0 atom stereocenters. The highest BCUT2D eigenvalue weighted by Gasteiger charge is 2.33. The van der Waals surface area contributed by atoms with E-state index in [1.165, 1.54) is 5.56 Å². The first-order valence-corrected chi connectivity index (χ1v) is 9.12. The van der Waals surface area contributed by atoms with Crippen molar-refractivity contribution in [1.29, 1.82) is 0 Å². The van der Waals surface area contributed by atoms with Crippen LogP contribution in [0.1, 0.15) is 75.7 Å². The van der Waals surface area contributed by atoms with Crippen LogP contribution in [-0.4, -0.2) is 11.6 Å². The molecular weight excluding hydrogens is 296 g/mol. The molecule has 128 valence electrons. The Morgan fingerprint density at radius 2 is 1.71 bits per heavy atom. The van der Waals surface area contributed by atoms with Crippen molar-refractivity contribution in [3.05, 3.63) is 47.5 Å². The Hall–Kier alpha value is -1.83. The molecule has 0 aliphatic heterocycles. The summed E-state index contributed by atoms with van der Waals surface area (Å²) in [5.74, 6) is -0.184. The number of carbonyl (C=O) groups is 1. The zero-order valence-electron chi connectivity index (χ0n) is 15.3. The summed E-state index contributed by atoms with van der Waals surface area (Å²) in [7, 11) is 0. The van der Waals surface area contributed by atoms with Crippen LogP contribution in [-0.2, 0) is 10.2 Å². The van der Waals surface area contributed by atoms with Crippen LogP contribution in [0.15, 0.2) is 36.4 Å². The third-order valence-corrected chi connectivity index (χ3v) is 5.76. The smallest absolute Gasteiger partial charge is 0.339 e. The molecule has 2 aromatic rings. The van der Waals surface area contributed by atoms with Crippen molar-refractivity contribution in [1.82, 2.24) is 0 Å². The zero-order chi connectivity index (χ0) is 17.4. The van der Waals surface area contributed by atoms with Gasteiger partial charge in [-0.25, -0.2) is 4.79 Å². The minimum absolute atomic E-state index is 0.0828. The molecule has 1 fully saturated rings. The molecule has 0 aromatic heterocycles. The van der Waals surface area contributed by atoms with Crippen molar-refractivity contribution in [2.24, 2.45) is 0 Å². The van der Waals surface area contributed by atoms with Crippen molar-refractivity contribution in [3.8, 4) is 0 Å². The number of benzene rings is 2. The zero-order valence-corrected chi connectivity index (χ0v) is 15.3. The average molecular weight is 324 g/mol. The van der Waals surface area contributed by atoms with Crippen molar-refractivity contribution >= 4 is 16.7 Å². The summed E-state index contributed by atoms with van der Waals surface area (Å²) in [5, 5.41) is 2.17. The van der Waals surface area contributed by atoms with Crippen molar-refractivity contribution in [3.63, 3.8) is 0 Å². The first-order valence-electron chi connectivity index (χ1n) is 9.12.